The summed E-state index contributed by atoms with van der Waals surface area (Å²) in [4.78, 5) is 14.1. The quantitative estimate of drug-likeness (QED) is 0.812. The smallest absolute Gasteiger partial charge is 0.238 e. The largest absolute Gasteiger partial charge is 0.497 e. The Kier molecular flexibility index (Phi) is 6.56. The fourth-order valence-electron chi connectivity index (χ4n) is 2.75. The number of rotatable bonds is 7. The van der Waals surface area contributed by atoms with Gasteiger partial charge in [-0.05, 0) is 49.7 Å². The minimum Gasteiger partial charge on any atom is -0.497 e. The van der Waals surface area contributed by atoms with Crippen molar-refractivity contribution in [2.75, 3.05) is 32.6 Å². The molecule has 0 aliphatic rings. The zero-order valence-corrected chi connectivity index (χ0v) is 15.2. The van der Waals surface area contributed by atoms with Gasteiger partial charge in [0.05, 0.1) is 19.8 Å². The minimum atomic E-state index is -0.687. The highest BCUT2D eigenvalue weighted by molar-refractivity contribution is 5.93. The van der Waals surface area contributed by atoms with Gasteiger partial charge in [-0.2, -0.15) is 0 Å². The molecule has 0 heterocycles. The second-order valence-electron chi connectivity index (χ2n) is 6.30. The number of hydrogen-bond acceptors (Lipinski definition) is 4. The van der Waals surface area contributed by atoms with Crippen LogP contribution in [0.15, 0.2) is 42.5 Å². The van der Waals surface area contributed by atoms with E-state index in [1.807, 2.05) is 57.3 Å². The van der Waals surface area contributed by atoms with Crippen LogP contribution in [0.5, 0.6) is 5.75 Å². The predicted octanol–water partition coefficient (Wildman–Crippen LogP) is 2.92. The van der Waals surface area contributed by atoms with Crippen LogP contribution in [-0.4, -0.2) is 43.2 Å². The molecule has 0 bridgehead atoms. The van der Waals surface area contributed by atoms with E-state index in [1.165, 1.54) is 0 Å². The number of ether oxygens (including phenoxy) is 1. The van der Waals surface area contributed by atoms with Gasteiger partial charge in [0, 0.05) is 12.2 Å². The van der Waals surface area contributed by atoms with Gasteiger partial charge in [0.2, 0.25) is 5.91 Å². The number of aliphatic hydroxyl groups is 1. The van der Waals surface area contributed by atoms with Crippen LogP contribution in [0.4, 0.5) is 5.69 Å². The van der Waals surface area contributed by atoms with E-state index in [4.69, 9.17) is 4.74 Å². The summed E-state index contributed by atoms with van der Waals surface area (Å²) in [5.41, 5.74) is 3.69. The Balaban J connectivity index is 1.92. The van der Waals surface area contributed by atoms with Gasteiger partial charge < -0.3 is 15.2 Å². The molecule has 0 fully saturated rings. The third kappa shape index (κ3) is 5.31. The Bertz CT molecular complexity index is 710. The minimum absolute atomic E-state index is 0.0993. The number of para-hydroxylation sites is 1. The molecule has 2 aromatic carbocycles. The van der Waals surface area contributed by atoms with Crippen molar-refractivity contribution in [2.24, 2.45) is 0 Å². The van der Waals surface area contributed by atoms with Crippen molar-refractivity contribution < 1.29 is 14.6 Å². The van der Waals surface area contributed by atoms with E-state index < -0.39 is 6.10 Å². The third-order valence-corrected chi connectivity index (χ3v) is 4.12. The summed E-state index contributed by atoms with van der Waals surface area (Å²) in [5.74, 6) is 0.602. The zero-order valence-electron chi connectivity index (χ0n) is 15.2. The summed E-state index contributed by atoms with van der Waals surface area (Å²) >= 11 is 0. The fraction of sp³-hybridized carbons (Fsp3) is 0.350. The number of hydrogen-bond donors (Lipinski definition) is 2. The number of amides is 1. The highest BCUT2D eigenvalue weighted by atomic mass is 16.5. The number of methoxy groups -OCH3 is 1. The maximum Gasteiger partial charge on any atom is 0.238 e. The standard InChI is InChI=1S/C20H26N2O3/c1-14-7-5-8-15(2)20(14)21-19(24)13-22(3)12-18(23)16-9-6-10-17(11-16)25-4/h5-11,18,23H,12-13H2,1-4H3,(H,21,24). The van der Waals surface area contributed by atoms with Gasteiger partial charge in [-0.25, -0.2) is 0 Å². The monoisotopic (exact) mass is 342 g/mol. The van der Waals surface area contributed by atoms with E-state index in [-0.39, 0.29) is 12.5 Å². The maximum absolute atomic E-state index is 12.3. The number of carbonyl (C=O) groups excluding carboxylic acids is 1. The molecular formula is C20H26N2O3. The summed E-state index contributed by atoms with van der Waals surface area (Å²) in [5, 5.41) is 13.3. The number of likely N-dealkylation sites (N-methyl/N-ethyl adjacent to an activating group) is 1. The van der Waals surface area contributed by atoms with Gasteiger partial charge in [-0.3, -0.25) is 9.69 Å². The first kappa shape index (κ1) is 19.0. The van der Waals surface area contributed by atoms with Crippen molar-refractivity contribution in [2.45, 2.75) is 20.0 Å². The molecule has 0 saturated carbocycles. The molecule has 0 aliphatic carbocycles. The van der Waals surface area contributed by atoms with Crippen LogP contribution < -0.4 is 10.1 Å². The second kappa shape index (κ2) is 8.65. The number of anilines is 1. The van der Waals surface area contributed by atoms with E-state index in [0.717, 1.165) is 22.4 Å². The first-order chi connectivity index (χ1) is 11.9. The molecule has 0 aliphatic heterocycles. The molecular weight excluding hydrogens is 316 g/mol. The van der Waals surface area contributed by atoms with E-state index >= 15 is 0 Å². The lowest BCUT2D eigenvalue weighted by Gasteiger charge is -2.21. The maximum atomic E-state index is 12.3. The molecule has 0 aromatic heterocycles. The molecule has 5 nitrogen and oxygen atoms in total. The first-order valence-corrected chi connectivity index (χ1v) is 8.27. The van der Waals surface area contributed by atoms with Crippen LogP contribution in [0, 0.1) is 13.8 Å². The Labute approximate surface area is 149 Å². The van der Waals surface area contributed by atoms with Crippen LogP contribution in [0.2, 0.25) is 0 Å². The van der Waals surface area contributed by atoms with Crippen molar-refractivity contribution in [3.05, 3.63) is 59.2 Å². The lowest BCUT2D eigenvalue weighted by atomic mass is 10.1. The number of aryl methyl sites for hydroxylation is 2. The SMILES string of the molecule is COc1cccc(C(O)CN(C)CC(=O)Nc2c(C)cccc2C)c1. The van der Waals surface area contributed by atoms with Crippen molar-refractivity contribution >= 4 is 11.6 Å². The Morgan fingerprint density at radius 2 is 1.84 bits per heavy atom. The predicted molar refractivity (Wildman–Crippen MR) is 100.0 cm³/mol. The highest BCUT2D eigenvalue weighted by Gasteiger charge is 2.15. The average Bonchev–Trinajstić information content (AvgIpc) is 2.58. The summed E-state index contributed by atoms with van der Waals surface area (Å²) in [6, 6.07) is 13.2. The lowest BCUT2D eigenvalue weighted by molar-refractivity contribution is -0.117. The Morgan fingerprint density at radius 1 is 1.20 bits per heavy atom. The van der Waals surface area contributed by atoms with E-state index in [0.29, 0.717) is 12.3 Å². The number of nitrogens with zero attached hydrogens (tertiary/aromatic N) is 1. The van der Waals surface area contributed by atoms with Crippen LogP contribution in [-0.2, 0) is 4.79 Å². The molecule has 1 amide bonds. The van der Waals surface area contributed by atoms with Crippen LogP contribution >= 0.6 is 0 Å². The third-order valence-electron chi connectivity index (χ3n) is 4.12. The van der Waals surface area contributed by atoms with Gasteiger partial charge in [-0.1, -0.05) is 30.3 Å². The lowest BCUT2D eigenvalue weighted by Crippen LogP contribution is -2.33. The molecule has 0 spiro atoms. The van der Waals surface area contributed by atoms with Gasteiger partial charge >= 0.3 is 0 Å². The fourth-order valence-corrected chi connectivity index (χ4v) is 2.75. The van der Waals surface area contributed by atoms with Crippen molar-refractivity contribution in [1.29, 1.82) is 0 Å². The van der Waals surface area contributed by atoms with Crippen LogP contribution in [0.3, 0.4) is 0 Å². The molecule has 0 saturated heterocycles. The normalized spacial score (nSPS) is 12.1. The number of nitrogens with one attached hydrogen (secondary N) is 1. The molecule has 2 aromatic rings. The van der Waals surface area contributed by atoms with Crippen molar-refractivity contribution in [3.63, 3.8) is 0 Å². The van der Waals surface area contributed by atoms with Gasteiger partial charge in [0.25, 0.3) is 0 Å². The van der Waals surface area contributed by atoms with Gasteiger partial charge in [0.15, 0.2) is 0 Å². The topological polar surface area (TPSA) is 61.8 Å². The van der Waals surface area contributed by atoms with E-state index in [9.17, 15) is 9.90 Å². The Morgan fingerprint density at radius 3 is 2.48 bits per heavy atom. The second-order valence-corrected chi connectivity index (χ2v) is 6.30. The molecule has 0 radical (unpaired) electrons. The number of benzene rings is 2. The molecule has 2 N–H and O–H groups in total. The van der Waals surface area contributed by atoms with Gasteiger partial charge in [-0.15, -0.1) is 0 Å². The zero-order chi connectivity index (χ0) is 18.4. The number of aliphatic hydroxyl groups excluding tert-OH is 1. The van der Waals surface area contributed by atoms with Crippen LogP contribution in [0.25, 0.3) is 0 Å². The van der Waals surface area contributed by atoms with Crippen molar-refractivity contribution in [1.82, 2.24) is 4.90 Å². The average molecular weight is 342 g/mol. The summed E-state index contributed by atoms with van der Waals surface area (Å²) in [6.07, 6.45) is -0.687. The molecule has 1 unspecified atom stereocenters. The molecule has 1 atom stereocenters. The summed E-state index contributed by atoms with van der Waals surface area (Å²) in [6.45, 7) is 4.50. The first-order valence-electron chi connectivity index (χ1n) is 8.27. The highest BCUT2D eigenvalue weighted by Crippen LogP contribution is 2.21. The van der Waals surface area contributed by atoms with Gasteiger partial charge in [0.1, 0.15) is 5.75 Å². The summed E-state index contributed by atoms with van der Waals surface area (Å²) in [7, 11) is 3.41. The molecule has 5 heteroatoms. The molecule has 2 rings (SSSR count). The summed E-state index contributed by atoms with van der Waals surface area (Å²) < 4.78 is 5.17. The number of carbonyl (C=O) groups is 1. The Hall–Kier alpha value is -2.37. The molecule has 25 heavy (non-hydrogen) atoms. The van der Waals surface area contributed by atoms with Crippen LogP contribution in [0.1, 0.15) is 22.8 Å². The van der Waals surface area contributed by atoms with E-state index in [1.54, 1.807) is 18.1 Å². The van der Waals surface area contributed by atoms with Crippen molar-refractivity contribution in [3.8, 4) is 5.75 Å². The van der Waals surface area contributed by atoms with E-state index in [2.05, 4.69) is 5.32 Å². The molecule has 134 valence electrons.